The summed E-state index contributed by atoms with van der Waals surface area (Å²) in [5, 5.41) is 13.3. The van der Waals surface area contributed by atoms with Crippen molar-refractivity contribution in [3.8, 4) is 17.2 Å². The molecule has 0 spiro atoms. The number of phenolic OH excluding ortho intramolecular Hbond substituents is 1. The fourth-order valence-corrected chi connectivity index (χ4v) is 4.24. The Morgan fingerprint density at radius 2 is 1.91 bits per heavy atom. The van der Waals surface area contributed by atoms with Gasteiger partial charge in [-0.3, -0.25) is 9.59 Å². The van der Waals surface area contributed by atoms with Gasteiger partial charge in [0.2, 0.25) is 0 Å². The smallest absolute Gasteiger partial charge is 0.258 e. The fraction of sp³-hybridized carbons (Fsp3) is 0.222. The summed E-state index contributed by atoms with van der Waals surface area (Å²) >= 11 is 0. The van der Waals surface area contributed by atoms with E-state index in [9.17, 15) is 14.7 Å². The molecular formula is C27H25N3O5. The first-order chi connectivity index (χ1) is 16.8. The molecule has 3 N–H and O–H groups in total. The molecular weight excluding hydrogens is 446 g/mol. The Morgan fingerprint density at radius 1 is 1.17 bits per heavy atom. The average molecular weight is 472 g/mol. The van der Waals surface area contributed by atoms with Crippen molar-refractivity contribution in [3.05, 3.63) is 83.7 Å². The predicted octanol–water partition coefficient (Wildman–Crippen LogP) is 4.30. The molecule has 5 rings (SSSR count). The highest BCUT2D eigenvalue weighted by molar-refractivity contribution is 6.03. The number of phenols is 1. The van der Waals surface area contributed by atoms with Crippen LogP contribution >= 0.6 is 0 Å². The fourth-order valence-electron chi connectivity index (χ4n) is 4.24. The summed E-state index contributed by atoms with van der Waals surface area (Å²) in [6.45, 7) is 3.29. The van der Waals surface area contributed by atoms with E-state index < -0.39 is 11.6 Å². The molecule has 1 aromatic heterocycles. The quantitative estimate of drug-likeness (QED) is 0.387. The molecule has 1 aliphatic heterocycles. The lowest BCUT2D eigenvalue weighted by Gasteiger charge is -2.32. The summed E-state index contributed by atoms with van der Waals surface area (Å²) in [5.41, 5.74) is 1.98. The zero-order valence-electron chi connectivity index (χ0n) is 19.4. The van der Waals surface area contributed by atoms with E-state index in [-0.39, 0.29) is 47.5 Å². The summed E-state index contributed by atoms with van der Waals surface area (Å²) in [4.78, 5) is 33.2. The summed E-state index contributed by atoms with van der Waals surface area (Å²) < 4.78 is 11.5. The van der Waals surface area contributed by atoms with Crippen LogP contribution in [0.5, 0.6) is 17.2 Å². The van der Waals surface area contributed by atoms with Crippen LogP contribution in [-0.2, 0) is 4.79 Å². The second kappa shape index (κ2) is 8.79. The standard InChI is InChI=1S/C27H25N3O5/c1-27(2)14-21(32)24-20(31)12-17(13-22(24)35-27)34-15-23(33)30-25(16-8-4-3-5-9-16)26-28-18-10-6-7-11-19(18)29-26/h3-13,25,31H,14-15H2,1-2H3,(H,28,29)(H,30,33)/t25-/m1/s1. The van der Waals surface area contributed by atoms with Gasteiger partial charge in [-0.2, -0.15) is 0 Å². The Morgan fingerprint density at radius 3 is 2.69 bits per heavy atom. The zero-order valence-corrected chi connectivity index (χ0v) is 19.4. The van der Waals surface area contributed by atoms with Crippen LogP contribution in [0.2, 0.25) is 0 Å². The minimum absolute atomic E-state index is 0.134. The number of imidazole rings is 1. The van der Waals surface area contributed by atoms with Gasteiger partial charge in [0.1, 0.15) is 40.3 Å². The number of nitrogens with one attached hydrogen (secondary N) is 2. The molecule has 35 heavy (non-hydrogen) atoms. The summed E-state index contributed by atoms with van der Waals surface area (Å²) in [7, 11) is 0. The number of H-pyrrole nitrogens is 1. The number of aromatic amines is 1. The van der Waals surface area contributed by atoms with Gasteiger partial charge in [-0.05, 0) is 31.5 Å². The zero-order chi connectivity index (χ0) is 24.6. The Kier molecular flexibility index (Phi) is 5.64. The van der Waals surface area contributed by atoms with E-state index in [4.69, 9.17) is 9.47 Å². The topological polar surface area (TPSA) is 114 Å². The van der Waals surface area contributed by atoms with Crippen molar-refractivity contribution in [2.75, 3.05) is 6.61 Å². The number of hydrogen-bond acceptors (Lipinski definition) is 6. The minimum Gasteiger partial charge on any atom is -0.507 e. The molecule has 8 nitrogen and oxygen atoms in total. The molecule has 4 aromatic rings. The second-order valence-corrected chi connectivity index (χ2v) is 9.12. The van der Waals surface area contributed by atoms with Gasteiger partial charge in [-0.15, -0.1) is 0 Å². The number of Topliss-reactive ketones (excluding diaryl/α,β-unsaturated/α-hetero) is 1. The molecule has 0 radical (unpaired) electrons. The number of carbonyl (C=O) groups is 2. The lowest BCUT2D eigenvalue weighted by molar-refractivity contribution is -0.123. The number of hydrogen-bond donors (Lipinski definition) is 3. The summed E-state index contributed by atoms with van der Waals surface area (Å²) in [5.74, 6) is 0.255. The van der Waals surface area contributed by atoms with E-state index in [1.54, 1.807) is 13.8 Å². The van der Waals surface area contributed by atoms with Crippen molar-refractivity contribution in [3.63, 3.8) is 0 Å². The molecule has 1 amide bonds. The highest BCUT2D eigenvalue weighted by Crippen LogP contribution is 2.40. The first-order valence-corrected chi connectivity index (χ1v) is 11.3. The lowest BCUT2D eigenvalue weighted by Crippen LogP contribution is -2.36. The van der Waals surface area contributed by atoms with E-state index in [0.29, 0.717) is 5.82 Å². The van der Waals surface area contributed by atoms with E-state index >= 15 is 0 Å². The first kappa shape index (κ1) is 22.5. The van der Waals surface area contributed by atoms with Crippen LogP contribution in [0.15, 0.2) is 66.7 Å². The molecule has 0 saturated heterocycles. The Bertz CT molecular complexity index is 1380. The number of para-hydroxylation sites is 2. The highest BCUT2D eigenvalue weighted by atomic mass is 16.5. The molecule has 0 saturated carbocycles. The SMILES string of the molecule is CC1(C)CC(=O)c2c(O)cc(OCC(=O)N[C@H](c3ccccc3)c3nc4ccccc4[nH]3)cc2O1. The molecule has 0 fully saturated rings. The van der Waals surface area contributed by atoms with Gasteiger partial charge in [0, 0.05) is 12.1 Å². The second-order valence-electron chi connectivity index (χ2n) is 9.12. The van der Waals surface area contributed by atoms with Crippen LogP contribution in [0.25, 0.3) is 11.0 Å². The number of rotatable bonds is 6. The molecule has 0 bridgehead atoms. The van der Waals surface area contributed by atoms with Crippen LogP contribution in [0.3, 0.4) is 0 Å². The van der Waals surface area contributed by atoms with Crippen molar-refractivity contribution < 1.29 is 24.2 Å². The largest absolute Gasteiger partial charge is 0.507 e. The number of ketones is 1. The first-order valence-electron chi connectivity index (χ1n) is 11.3. The van der Waals surface area contributed by atoms with E-state index in [1.807, 2.05) is 54.6 Å². The monoisotopic (exact) mass is 471 g/mol. The number of amides is 1. The number of fused-ring (bicyclic) bond motifs is 2. The van der Waals surface area contributed by atoms with Gasteiger partial charge < -0.3 is 24.9 Å². The van der Waals surface area contributed by atoms with Gasteiger partial charge in [0.05, 0.1) is 17.5 Å². The van der Waals surface area contributed by atoms with Gasteiger partial charge in [0.15, 0.2) is 12.4 Å². The van der Waals surface area contributed by atoms with Gasteiger partial charge in [0.25, 0.3) is 5.91 Å². The molecule has 8 heteroatoms. The number of aromatic hydroxyl groups is 1. The van der Waals surface area contributed by atoms with E-state index in [0.717, 1.165) is 16.6 Å². The van der Waals surface area contributed by atoms with E-state index in [1.165, 1.54) is 12.1 Å². The Balaban J connectivity index is 1.34. The maximum Gasteiger partial charge on any atom is 0.258 e. The number of carbonyl (C=O) groups excluding carboxylic acids is 2. The van der Waals surface area contributed by atoms with Crippen molar-refractivity contribution in [1.82, 2.24) is 15.3 Å². The number of aromatic nitrogens is 2. The highest BCUT2D eigenvalue weighted by Gasteiger charge is 2.35. The maximum atomic E-state index is 12.9. The Labute approximate surface area is 201 Å². The molecule has 1 aliphatic rings. The molecule has 1 atom stereocenters. The molecule has 3 aromatic carbocycles. The maximum absolute atomic E-state index is 12.9. The minimum atomic E-state index is -0.692. The molecule has 178 valence electrons. The van der Waals surface area contributed by atoms with Crippen LogP contribution < -0.4 is 14.8 Å². The third-order valence-electron chi connectivity index (χ3n) is 5.80. The summed E-state index contributed by atoms with van der Waals surface area (Å²) in [6, 6.07) is 19.5. The van der Waals surface area contributed by atoms with E-state index in [2.05, 4.69) is 15.3 Å². The van der Waals surface area contributed by atoms with Gasteiger partial charge in [-0.25, -0.2) is 4.98 Å². The average Bonchev–Trinajstić information content (AvgIpc) is 3.24. The van der Waals surface area contributed by atoms with Crippen LogP contribution in [0.1, 0.15) is 48.1 Å². The molecule has 0 unspecified atom stereocenters. The van der Waals surface area contributed by atoms with Crippen LogP contribution in [0, 0.1) is 0 Å². The molecule has 0 aliphatic carbocycles. The van der Waals surface area contributed by atoms with Crippen molar-refractivity contribution in [1.29, 1.82) is 0 Å². The van der Waals surface area contributed by atoms with Gasteiger partial charge >= 0.3 is 0 Å². The molecule has 2 heterocycles. The van der Waals surface area contributed by atoms with Crippen molar-refractivity contribution in [2.45, 2.75) is 31.9 Å². The van der Waals surface area contributed by atoms with Crippen LogP contribution in [-0.4, -0.2) is 39.0 Å². The summed E-state index contributed by atoms with van der Waals surface area (Å²) in [6.07, 6.45) is 0.166. The predicted molar refractivity (Wildman–Crippen MR) is 130 cm³/mol. The van der Waals surface area contributed by atoms with Crippen molar-refractivity contribution in [2.24, 2.45) is 0 Å². The lowest BCUT2D eigenvalue weighted by atomic mass is 9.92. The third-order valence-corrected chi connectivity index (χ3v) is 5.80. The number of nitrogens with zero attached hydrogens (tertiary/aromatic N) is 1. The third kappa shape index (κ3) is 4.68. The number of benzene rings is 3. The normalized spacial score (nSPS) is 15.2. The van der Waals surface area contributed by atoms with Crippen LogP contribution in [0.4, 0.5) is 0 Å². The number of ether oxygens (including phenoxy) is 2. The van der Waals surface area contributed by atoms with Gasteiger partial charge in [-0.1, -0.05) is 42.5 Å². The van der Waals surface area contributed by atoms with Crippen molar-refractivity contribution >= 4 is 22.7 Å². The Hall–Kier alpha value is -4.33.